The second-order valence-electron chi connectivity index (χ2n) is 8.26. The number of imide groups is 1. The first-order valence-corrected chi connectivity index (χ1v) is 10.8. The number of amides is 3. The van der Waals surface area contributed by atoms with Crippen LogP contribution in [0, 0.1) is 0 Å². The molecule has 2 N–H and O–H groups in total. The number of aliphatic imine (C=N–C) groups is 1. The Morgan fingerprint density at radius 3 is 2.80 bits per heavy atom. The van der Waals surface area contributed by atoms with Crippen LogP contribution in [-0.2, 0) is 16.6 Å². The molecule has 2 fully saturated rings. The number of hydrogen-bond donors (Lipinski definition) is 2. The second kappa shape index (κ2) is 9.98. The number of guanidine groups is 1. The van der Waals surface area contributed by atoms with E-state index in [0.717, 1.165) is 32.0 Å². The highest BCUT2D eigenvalue weighted by atomic mass is 127. The maximum Gasteiger partial charge on any atom is 0.324 e. The average molecular weight is 525 g/mol. The van der Waals surface area contributed by atoms with E-state index >= 15 is 0 Å². The molecule has 1 aromatic carbocycles. The van der Waals surface area contributed by atoms with Crippen LogP contribution in [-0.4, -0.2) is 67.0 Å². The largest absolute Gasteiger partial charge is 0.357 e. The number of nitrogens with zero attached hydrogens (tertiary/aromatic N) is 3. The van der Waals surface area contributed by atoms with E-state index in [4.69, 9.17) is 4.99 Å². The van der Waals surface area contributed by atoms with Gasteiger partial charge in [0.05, 0.1) is 19.6 Å². The first-order valence-electron chi connectivity index (χ1n) is 10.8. The van der Waals surface area contributed by atoms with Crippen LogP contribution in [0.2, 0.25) is 0 Å². The Balaban J connectivity index is 0.00000256. The molecule has 7 nitrogen and oxygen atoms in total. The molecule has 3 aliphatic rings. The zero-order valence-corrected chi connectivity index (χ0v) is 20.0. The number of halogens is 1. The zero-order chi connectivity index (χ0) is 20.3. The summed E-state index contributed by atoms with van der Waals surface area (Å²) in [4.78, 5) is 31.9. The van der Waals surface area contributed by atoms with Crippen molar-refractivity contribution in [1.29, 1.82) is 0 Å². The van der Waals surface area contributed by atoms with Crippen molar-refractivity contribution in [3.8, 4) is 0 Å². The Hall–Kier alpha value is -1.84. The summed E-state index contributed by atoms with van der Waals surface area (Å²) in [6, 6.07) is 8.61. The maximum absolute atomic E-state index is 11.8. The maximum atomic E-state index is 11.8. The molecule has 4 rings (SSSR count). The fourth-order valence-electron chi connectivity index (χ4n) is 5.11. The molecule has 2 aliphatic heterocycles. The minimum atomic E-state index is -0.314. The monoisotopic (exact) mass is 525 g/mol. The number of carbonyl (C=O) groups is 2. The summed E-state index contributed by atoms with van der Waals surface area (Å²) in [5, 5.41) is 5.98. The molecule has 1 aliphatic carbocycles. The highest BCUT2D eigenvalue weighted by Gasteiger charge is 2.40. The number of urea groups is 1. The standard InChI is InChI=1S/C22H31N5O2.HI/c1-2-23-20(24-12-14-27-19(28)15-25-21(27)29)26-13-6-11-22(16-26)10-5-8-17-7-3-4-9-18(17)22;/h3-4,7,9H,2,5-6,8,10-16H2,1H3,(H,23,24)(H,25,29);1H. The van der Waals surface area contributed by atoms with Crippen LogP contribution in [0.15, 0.2) is 29.3 Å². The van der Waals surface area contributed by atoms with Gasteiger partial charge in [0.15, 0.2) is 5.96 Å². The number of aryl methyl sites for hydroxylation is 1. The Labute approximate surface area is 195 Å². The van der Waals surface area contributed by atoms with Crippen molar-refractivity contribution in [2.45, 2.75) is 44.4 Å². The molecule has 1 spiro atoms. The van der Waals surface area contributed by atoms with Crippen LogP contribution < -0.4 is 10.6 Å². The number of carbonyl (C=O) groups excluding carboxylic acids is 2. The first kappa shape index (κ1) is 22.8. The van der Waals surface area contributed by atoms with Gasteiger partial charge in [-0.15, -0.1) is 24.0 Å². The predicted molar refractivity (Wildman–Crippen MR) is 128 cm³/mol. The summed E-state index contributed by atoms with van der Waals surface area (Å²) in [6.45, 7) is 5.65. The third-order valence-corrected chi connectivity index (χ3v) is 6.42. The molecule has 8 heteroatoms. The molecule has 0 aromatic heterocycles. The van der Waals surface area contributed by atoms with Crippen LogP contribution >= 0.6 is 24.0 Å². The minimum Gasteiger partial charge on any atom is -0.357 e. The van der Waals surface area contributed by atoms with Crippen LogP contribution in [0.5, 0.6) is 0 Å². The number of hydrogen-bond acceptors (Lipinski definition) is 3. The van der Waals surface area contributed by atoms with Crippen molar-refractivity contribution in [3.63, 3.8) is 0 Å². The summed E-state index contributed by atoms with van der Waals surface area (Å²) in [5.74, 6) is 0.715. The number of benzene rings is 1. The third-order valence-electron chi connectivity index (χ3n) is 6.42. The molecule has 1 atom stereocenters. The van der Waals surface area contributed by atoms with Gasteiger partial charge < -0.3 is 15.5 Å². The Morgan fingerprint density at radius 1 is 1.23 bits per heavy atom. The molecule has 3 amide bonds. The fraction of sp³-hybridized carbons (Fsp3) is 0.591. The van der Waals surface area contributed by atoms with Gasteiger partial charge >= 0.3 is 6.03 Å². The molecule has 0 saturated carbocycles. The zero-order valence-electron chi connectivity index (χ0n) is 17.7. The molecule has 0 bridgehead atoms. The molecular formula is C22H32IN5O2. The van der Waals surface area contributed by atoms with Crippen molar-refractivity contribution >= 4 is 41.9 Å². The summed E-state index contributed by atoms with van der Waals surface area (Å²) in [6.07, 6.45) is 6.01. The number of rotatable bonds is 4. The average Bonchev–Trinajstić information content (AvgIpc) is 3.06. The lowest BCUT2D eigenvalue weighted by atomic mass is 9.66. The minimum absolute atomic E-state index is 0. The van der Waals surface area contributed by atoms with Gasteiger partial charge in [-0.25, -0.2) is 4.79 Å². The molecule has 0 radical (unpaired) electrons. The van der Waals surface area contributed by atoms with Gasteiger partial charge in [-0.1, -0.05) is 24.3 Å². The smallest absolute Gasteiger partial charge is 0.324 e. The lowest BCUT2D eigenvalue weighted by Crippen LogP contribution is -2.53. The summed E-state index contributed by atoms with van der Waals surface area (Å²) >= 11 is 0. The lowest BCUT2D eigenvalue weighted by Gasteiger charge is -2.47. The Morgan fingerprint density at radius 2 is 2.03 bits per heavy atom. The van der Waals surface area contributed by atoms with E-state index in [1.807, 2.05) is 0 Å². The van der Waals surface area contributed by atoms with E-state index in [2.05, 4.69) is 46.7 Å². The number of nitrogens with one attached hydrogen (secondary N) is 2. The SMILES string of the molecule is CCNC(=NCCN1C(=O)CNC1=O)N1CCCC2(CCCc3ccccc32)C1.I. The van der Waals surface area contributed by atoms with Crippen LogP contribution in [0.25, 0.3) is 0 Å². The van der Waals surface area contributed by atoms with Gasteiger partial charge in [-0.05, 0) is 50.2 Å². The van der Waals surface area contributed by atoms with Crippen molar-refractivity contribution in [3.05, 3.63) is 35.4 Å². The Bertz CT molecular complexity index is 798. The van der Waals surface area contributed by atoms with Gasteiger partial charge in [0, 0.05) is 25.0 Å². The van der Waals surface area contributed by atoms with Crippen LogP contribution in [0.3, 0.4) is 0 Å². The van der Waals surface area contributed by atoms with Crippen LogP contribution in [0.4, 0.5) is 4.79 Å². The highest BCUT2D eigenvalue weighted by Crippen LogP contribution is 2.43. The van der Waals surface area contributed by atoms with Gasteiger partial charge in [0.2, 0.25) is 5.91 Å². The number of likely N-dealkylation sites (tertiary alicyclic amines) is 1. The van der Waals surface area contributed by atoms with Gasteiger partial charge in [-0.3, -0.25) is 14.7 Å². The van der Waals surface area contributed by atoms with Crippen molar-refractivity contribution in [1.82, 2.24) is 20.4 Å². The van der Waals surface area contributed by atoms with Gasteiger partial charge in [0.1, 0.15) is 0 Å². The molecule has 1 aromatic rings. The molecule has 2 heterocycles. The third kappa shape index (κ3) is 4.58. The fourth-order valence-corrected chi connectivity index (χ4v) is 5.11. The van der Waals surface area contributed by atoms with E-state index in [9.17, 15) is 9.59 Å². The number of fused-ring (bicyclic) bond motifs is 2. The second-order valence-corrected chi connectivity index (χ2v) is 8.26. The first-order chi connectivity index (χ1) is 14.1. The molecular weight excluding hydrogens is 493 g/mol. The van der Waals surface area contributed by atoms with Gasteiger partial charge in [0.25, 0.3) is 0 Å². The molecule has 1 unspecified atom stereocenters. The number of piperidine rings is 1. The van der Waals surface area contributed by atoms with E-state index in [1.165, 1.54) is 41.7 Å². The van der Waals surface area contributed by atoms with E-state index in [0.29, 0.717) is 13.1 Å². The van der Waals surface area contributed by atoms with Crippen molar-refractivity contribution < 1.29 is 9.59 Å². The Kier molecular flexibility index (Phi) is 7.60. The quantitative estimate of drug-likeness (QED) is 0.274. The summed E-state index contributed by atoms with van der Waals surface area (Å²) < 4.78 is 0. The van der Waals surface area contributed by atoms with E-state index < -0.39 is 0 Å². The van der Waals surface area contributed by atoms with E-state index in [1.54, 1.807) is 0 Å². The van der Waals surface area contributed by atoms with Gasteiger partial charge in [-0.2, -0.15) is 0 Å². The summed E-state index contributed by atoms with van der Waals surface area (Å²) in [7, 11) is 0. The van der Waals surface area contributed by atoms with Crippen molar-refractivity contribution in [2.75, 3.05) is 39.3 Å². The topological polar surface area (TPSA) is 77.0 Å². The lowest BCUT2D eigenvalue weighted by molar-refractivity contribution is -0.124. The summed E-state index contributed by atoms with van der Waals surface area (Å²) in [5.41, 5.74) is 3.22. The highest BCUT2D eigenvalue weighted by molar-refractivity contribution is 14.0. The normalized spacial score (nSPS) is 23.8. The molecule has 2 saturated heterocycles. The van der Waals surface area contributed by atoms with E-state index in [-0.39, 0.29) is 47.9 Å². The van der Waals surface area contributed by atoms with Crippen LogP contribution in [0.1, 0.15) is 43.7 Å². The predicted octanol–water partition coefficient (Wildman–Crippen LogP) is 2.49. The molecule has 30 heavy (non-hydrogen) atoms. The van der Waals surface area contributed by atoms with Crippen molar-refractivity contribution in [2.24, 2.45) is 4.99 Å². The molecule has 164 valence electrons.